The van der Waals surface area contributed by atoms with Gasteiger partial charge in [0.05, 0.1) is 6.07 Å². The van der Waals surface area contributed by atoms with Crippen LogP contribution in [-0.4, -0.2) is 31.3 Å². The molecule has 0 radical (unpaired) electrons. The van der Waals surface area contributed by atoms with Crippen LogP contribution in [0.2, 0.25) is 0 Å². The maximum Gasteiger partial charge on any atom is 0.321 e. The number of oxime groups is 1. The van der Waals surface area contributed by atoms with E-state index in [1.807, 2.05) is 11.4 Å². The predicted octanol–water partition coefficient (Wildman–Crippen LogP) is 0.422. The first-order chi connectivity index (χ1) is 9.15. The average Bonchev–Trinajstić information content (AvgIpc) is 2.39. The van der Waals surface area contributed by atoms with Crippen LogP contribution in [-0.2, 0) is 9.63 Å². The zero-order valence-corrected chi connectivity index (χ0v) is 10.6. The lowest BCUT2D eigenvalue weighted by Gasteiger charge is -2.05. The Bertz CT molecular complexity index is 419. The monoisotopic (exact) mass is 265 g/mol. The lowest BCUT2D eigenvalue weighted by Crippen LogP contribution is -2.42. The molecule has 0 saturated carbocycles. The zero-order valence-electron chi connectivity index (χ0n) is 10.6. The van der Waals surface area contributed by atoms with Gasteiger partial charge < -0.3 is 10.2 Å². The first-order valence-corrected chi connectivity index (χ1v) is 5.63. The van der Waals surface area contributed by atoms with Gasteiger partial charge in [0.2, 0.25) is 5.71 Å². The second-order valence-electron chi connectivity index (χ2n) is 3.41. The molecule has 0 aliphatic rings. The minimum Gasteiger partial charge on any atom is -0.398 e. The van der Waals surface area contributed by atoms with E-state index in [9.17, 15) is 9.59 Å². The van der Waals surface area contributed by atoms with Crippen molar-refractivity contribution in [3.8, 4) is 12.1 Å². The van der Waals surface area contributed by atoms with Crippen molar-refractivity contribution in [3.63, 3.8) is 0 Å². The standard InChI is InChI=1S/C11H15N5O3/c1-19-16-9(8-13)10(17)15-11(18)14-7-5-3-2-4-6-12/h2-5,7H2,1H3,(H2,14,15,17,18)/b16-9-. The second kappa shape index (κ2) is 10.5. The molecule has 0 aliphatic heterocycles. The molecule has 3 amide bonds. The molecule has 0 aromatic rings. The van der Waals surface area contributed by atoms with Gasteiger partial charge in [0.25, 0.3) is 5.91 Å². The molecule has 102 valence electrons. The first-order valence-electron chi connectivity index (χ1n) is 5.63. The molecular weight excluding hydrogens is 250 g/mol. The van der Waals surface area contributed by atoms with Crippen LogP contribution in [0.1, 0.15) is 25.7 Å². The highest BCUT2D eigenvalue weighted by atomic mass is 16.6. The fraction of sp³-hybridized carbons (Fsp3) is 0.545. The highest BCUT2D eigenvalue weighted by Gasteiger charge is 2.14. The summed E-state index contributed by atoms with van der Waals surface area (Å²) >= 11 is 0. The second-order valence-corrected chi connectivity index (χ2v) is 3.41. The van der Waals surface area contributed by atoms with Crippen LogP contribution in [0.5, 0.6) is 0 Å². The molecule has 0 saturated heterocycles. The van der Waals surface area contributed by atoms with Crippen molar-refractivity contribution in [2.24, 2.45) is 5.16 Å². The van der Waals surface area contributed by atoms with E-state index in [-0.39, 0.29) is 0 Å². The maximum atomic E-state index is 11.3. The largest absolute Gasteiger partial charge is 0.398 e. The number of nitriles is 2. The Labute approximate surface area is 111 Å². The van der Waals surface area contributed by atoms with Crippen molar-refractivity contribution >= 4 is 17.6 Å². The van der Waals surface area contributed by atoms with Gasteiger partial charge in [-0.05, 0) is 12.8 Å². The summed E-state index contributed by atoms with van der Waals surface area (Å²) in [5.41, 5.74) is -0.535. The van der Waals surface area contributed by atoms with E-state index in [1.165, 1.54) is 13.2 Å². The summed E-state index contributed by atoms with van der Waals surface area (Å²) in [4.78, 5) is 26.9. The van der Waals surface area contributed by atoms with E-state index < -0.39 is 17.6 Å². The van der Waals surface area contributed by atoms with Gasteiger partial charge in [-0.2, -0.15) is 10.5 Å². The Morgan fingerprint density at radius 2 is 2.00 bits per heavy atom. The van der Waals surface area contributed by atoms with E-state index in [0.29, 0.717) is 19.4 Å². The molecule has 0 atom stereocenters. The molecule has 8 nitrogen and oxygen atoms in total. The summed E-state index contributed by atoms with van der Waals surface area (Å²) in [5, 5.41) is 24.4. The van der Waals surface area contributed by atoms with Gasteiger partial charge in [0.1, 0.15) is 13.2 Å². The van der Waals surface area contributed by atoms with Crippen LogP contribution in [0, 0.1) is 22.7 Å². The number of carbonyl (C=O) groups excluding carboxylic acids is 2. The molecule has 0 aliphatic carbocycles. The number of imide groups is 1. The minimum atomic E-state index is -0.925. The number of hydrogen-bond acceptors (Lipinski definition) is 6. The van der Waals surface area contributed by atoms with Gasteiger partial charge in [-0.3, -0.25) is 10.1 Å². The molecule has 0 unspecified atom stereocenters. The third-order valence-electron chi connectivity index (χ3n) is 1.98. The van der Waals surface area contributed by atoms with Gasteiger partial charge in [0.15, 0.2) is 0 Å². The van der Waals surface area contributed by atoms with E-state index in [4.69, 9.17) is 10.5 Å². The van der Waals surface area contributed by atoms with Crippen molar-refractivity contribution < 1.29 is 14.4 Å². The molecule has 0 rings (SSSR count). The molecule has 0 spiro atoms. The number of hydrogen-bond donors (Lipinski definition) is 2. The van der Waals surface area contributed by atoms with Crippen molar-refractivity contribution in [2.75, 3.05) is 13.7 Å². The molecule has 0 aromatic heterocycles. The van der Waals surface area contributed by atoms with Gasteiger partial charge in [-0.25, -0.2) is 4.79 Å². The number of unbranched alkanes of at least 4 members (excludes halogenated alkanes) is 3. The summed E-state index contributed by atoms with van der Waals surface area (Å²) in [7, 11) is 1.19. The summed E-state index contributed by atoms with van der Waals surface area (Å²) in [5.74, 6) is -0.925. The number of urea groups is 1. The molecule has 2 N–H and O–H groups in total. The highest BCUT2D eigenvalue weighted by molar-refractivity contribution is 6.46. The van der Waals surface area contributed by atoms with Crippen LogP contribution >= 0.6 is 0 Å². The Hall–Kier alpha value is -2.61. The van der Waals surface area contributed by atoms with Gasteiger partial charge in [-0.1, -0.05) is 11.6 Å². The number of nitrogens with one attached hydrogen (secondary N) is 2. The van der Waals surface area contributed by atoms with E-state index >= 15 is 0 Å². The van der Waals surface area contributed by atoms with Crippen LogP contribution in [0.25, 0.3) is 0 Å². The molecule has 19 heavy (non-hydrogen) atoms. The van der Waals surface area contributed by atoms with Gasteiger partial charge in [-0.15, -0.1) is 0 Å². The summed E-state index contributed by atoms with van der Waals surface area (Å²) < 4.78 is 0. The number of rotatable bonds is 7. The fourth-order valence-corrected chi connectivity index (χ4v) is 1.12. The number of carbonyl (C=O) groups is 2. The van der Waals surface area contributed by atoms with Crippen molar-refractivity contribution in [2.45, 2.75) is 25.7 Å². The van der Waals surface area contributed by atoms with Crippen LogP contribution in [0.4, 0.5) is 4.79 Å². The minimum absolute atomic E-state index is 0.383. The third-order valence-corrected chi connectivity index (χ3v) is 1.98. The third kappa shape index (κ3) is 8.16. The summed E-state index contributed by atoms with van der Waals surface area (Å²) in [6, 6.07) is 2.82. The van der Waals surface area contributed by atoms with Crippen molar-refractivity contribution in [1.82, 2.24) is 10.6 Å². The Morgan fingerprint density at radius 1 is 1.26 bits per heavy atom. The fourth-order valence-electron chi connectivity index (χ4n) is 1.12. The van der Waals surface area contributed by atoms with Gasteiger partial charge >= 0.3 is 6.03 Å². The van der Waals surface area contributed by atoms with E-state index in [2.05, 4.69) is 15.3 Å². The van der Waals surface area contributed by atoms with E-state index in [1.54, 1.807) is 0 Å². The lowest BCUT2D eigenvalue weighted by molar-refractivity contribution is -0.113. The lowest BCUT2D eigenvalue weighted by atomic mass is 10.2. The molecule has 0 heterocycles. The van der Waals surface area contributed by atoms with Crippen molar-refractivity contribution in [1.29, 1.82) is 10.5 Å². The smallest absolute Gasteiger partial charge is 0.321 e. The number of amides is 3. The highest BCUT2D eigenvalue weighted by Crippen LogP contribution is 1.96. The first kappa shape index (κ1) is 16.4. The Morgan fingerprint density at radius 3 is 2.58 bits per heavy atom. The van der Waals surface area contributed by atoms with Crippen LogP contribution < -0.4 is 10.6 Å². The van der Waals surface area contributed by atoms with E-state index in [0.717, 1.165) is 12.8 Å². The zero-order chi connectivity index (χ0) is 14.5. The molecule has 0 bridgehead atoms. The topological polar surface area (TPSA) is 127 Å². The van der Waals surface area contributed by atoms with Gasteiger partial charge in [0, 0.05) is 13.0 Å². The summed E-state index contributed by atoms with van der Waals surface area (Å²) in [6.07, 6.45) is 2.79. The molecule has 0 fully saturated rings. The van der Waals surface area contributed by atoms with Crippen LogP contribution in [0.15, 0.2) is 5.16 Å². The summed E-state index contributed by atoms with van der Waals surface area (Å²) in [6.45, 7) is 0.383. The van der Waals surface area contributed by atoms with Crippen molar-refractivity contribution in [3.05, 3.63) is 0 Å². The quantitative estimate of drug-likeness (QED) is 0.391. The van der Waals surface area contributed by atoms with Crippen LogP contribution in [0.3, 0.4) is 0 Å². The average molecular weight is 265 g/mol. The maximum absolute atomic E-state index is 11.3. The molecule has 8 heteroatoms. The number of nitrogens with zero attached hydrogens (tertiary/aromatic N) is 3. The molecular formula is C11H15N5O3. The molecule has 0 aromatic carbocycles. The Kier molecular flexibility index (Phi) is 9.09. The predicted molar refractivity (Wildman–Crippen MR) is 65.7 cm³/mol. The normalized spacial score (nSPS) is 9.95. The Balaban J connectivity index is 3.87. The SMILES string of the molecule is CO/N=C(/C#N)C(=O)NC(=O)NCCCCCC#N.